The third-order valence-electron chi connectivity index (χ3n) is 4.93. The van der Waals surface area contributed by atoms with Gasteiger partial charge < -0.3 is 4.90 Å². The van der Waals surface area contributed by atoms with E-state index in [1.54, 1.807) is 18.2 Å². The number of benzene rings is 1. The van der Waals surface area contributed by atoms with Crippen LogP contribution in [0.1, 0.15) is 31.2 Å². The second kappa shape index (κ2) is 7.02. The molecule has 7 heteroatoms. The quantitative estimate of drug-likeness (QED) is 0.821. The lowest BCUT2D eigenvalue weighted by atomic mass is 9.97. The summed E-state index contributed by atoms with van der Waals surface area (Å²) in [6.45, 7) is 4.30. The Morgan fingerprint density at radius 3 is 2.33 bits per heavy atom. The molecule has 3 rings (SSSR count). The number of aryl methyl sites for hydroxylation is 1. The second-order valence-corrected chi connectivity index (χ2v) is 8.96. The van der Waals surface area contributed by atoms with Crippen molar-refractivity contribution in [1.29, 1.82) is 0 Å². The molecule has 0 spiro atoms. The third-order valence-corrected chi connectivity index (χ3v) is 7.31. The molecule has 5 nitrogen and oxygen atoms in total. The first-order chi connectivity index (χ1) is 11.4. The molecule has 0 aromatic heterocycles. The molecule has 1 aromatic carbocycles. The molecule has 0 saturated carbocycles. The summed E-state index contributed by atoms with van der Waals surface area (Å²) in [6, 6.07) is 4.98. The lowest BCUT2D eigenvalue weighted by Gasteiger charge is -2.32. The first-order valence-corrected chi connectivity index (χ1v) is 10.3. The fourth-order valence-corrected chi connectivity index (χ4v) is 5.54. The van der Waals surface area contributed by atoms with E-state index in [0.29, 0.717) is 25.9 Å². The van der Waals surface area contributed by atoms with E-state index in [1.165, 1.54) is 4.31 Å². The van der Waals surface area contributed by atoms with Crippen molar-refractivity contribution < 1.29 is 13.2 Å². The Balaban J connectivity index is 1.68. The van der Waals surface area contributed by atoms with Crippen LogP contribution in [0.25, 0.3) is 0 Å². The van der Waals surface area contributed by atoms with Gasteiger partial charge in [0.1, 0.15) is 4.90 Å². The molecule has 0 bridgehead atoms. The number of sulfonamides is 1. The van der Waals surface area contributed by atoms with Crippen molar-refractivity contribution >= 4 is 27.5 Å². The Labute approximate surface area is 148 Å². The summed E-state index contributed by atoms with van der Waals surface area (Å²) in [4.78, 5) is 14.5. The molecule has 0 aliphatic carbocycles. The highest BCUT2D eigenvalue weighted by molar-refractivity contribution is 7.89. The molecule has 0 atom stereocenters. The smallest absolute Gasteiger partial charge is 0.244 e. The number of hydrogen-bond acceptors (Lipinski definition) is 3. The number of hydrogen-bond donors (Lipinski definition) is 0. The Kier molecular flexibility index (Phi) is 5.18. The van der Waals surface area contributed by atoms with Gasteiger partial charge in [0.05, 0.1) is 5.02 Å². The van der Waals surface area contributed by atoms with Crippen LogP contribution in [0.15, 0.2) is 23.1 Å². The molecule has 1 amide bonds. The highest BCUT2D eigenvalue weighted by atomic mass is 35.5. The minimum atomic E-state index is -3.60. The van der Waals surface area contributed by atoms with Crippen LogP contribution < -0.4 is 0 Å². The SMILES string of the molecule is Cc1ccc(S(=O)(=O)N2CCC(C(=O)N3CCCC3)CC2)c(Cl)c1. The van der Waals surface area contributed by atoms with Crippen LogP contribution in [0.5, 0.6) is 0 Å². The van der Waals surface area contributed by atoms with E-state index < -0.39 is 10.0 Å². The van der Waals surface area contributed by atoms with E-state index in [9.17, 15) is 13.2 Å². The zero-order valence-corrected chi connectivity index (χ0v) is 15.4. The Hall–Kier alpha value is -1.11. The summed E-state index contributed by atoms with van der Waals surface area (Å²) in [6.07, 6.45) is 3.31. The van der Waals surface area contributed by atoms with Crippen LogP contribution in [0.3, 0.4) is 0 Å². The molecule has 0 unspecified atom stereocenters. The fraction of sp³-hybridized carbons (Fsp3) is 0.588. The number of rotatable bonds is 3. The highest BCUT2D eigenvalue weighted by Gasteiger charge is 2.35. The Bertz CT molecular complexity index is 721. The van der Waals surface area contributed by atoms with Crippen LogP contribution in [0.4, 0.5) is 0 Å². The van der Waals surface area contributed by atoms with Gasteiger partial charge in [-0.2, -0.15) is 4.31 Å². The van der Waals surface area contributed by atoms with Gasteiger partial charge in [-0.1, -0.05) is 17.7 Å². The van der Waals surface area contributed by atoms with Crippen molar-refractivity contribution in [3.63, 3.8) is 0 Å². The van der Waals surface area contributed by atoms with Crippen molar-refractivity contribution in [2.75, 3.05) is 26.2 Å². The van der Waals surface area contributed by atoms with Crippen LogP contribution in [0, 0.1) is 12.8 Å². The summed E-state index contributed by atoms with van der Waals surface area (Å²) < 4.78 is 27.1. The van der Waals surface area contributed by atoms with Crippen LogP contribution in [-0.4, -0.2) is 49.7 Å². The first-order valence-electron chi connectivity index (χ1n) is 8.44. The van der Waals surface area contributed by atoms with Gasteiger partial charge in [-0.25, -0.2) is 8.42 Å². The van der Waals surface area contributed by atoms with E-state index in [1.807, 2.05) is 11.8 Å². The van der Waals surface area contributed by atoms with Gasteiger partial charge in [0.15, 0.2) is 0 Å². The maximum absolute atomic E-state index is 12.8. The third kappa shape index (κ3) is 3.46. The predicted octanol–water partition coefficient (Wildman–Crippen LogP) is 2.67. The maximum Gasteiger partial charge on any atom is 0.244 e. The number of halogens is 1. The summed E-state index contributed by atoms with van der Waals surface area (Å²) in [5, 5.41) is 0.255. The van der Waals surface area contributed by atoms with Crippen LogP contribution in [-0.2, 0) is 14.8 Å². The summed E-state index contributed by atoms with van der Waals surface area (Å²) in [5.41, 5.74) is 0.925. The maximum atomic E-state index is 12.8. The van der Waals surface area contributed by atoms with E-state index in [4.69, 9.17) is 11.6 Å². The number of carbonyl (C=O) groups is 1. The van der Waals surface area contributed by atoms with E-state index in [-0.39, 0.29) is 21.7 Å². The van der Waals surface area contributed by atoms with Gasteiger partial charge in [-0.15, -0.1) is 0 Å². The van der Waals surface area contributed by atoms with Gasteiger partial charge in [0.25, 0.3) is 0 Å². The monoisotopic (exact) mass is 370 g/mol. The van der Waals surface area contributed by atoms with Crippen molar-refractivity contribution in [2.24, 2.45) is 5.92 Å². The van der Waals surface area contributed by atoms with Gasteiger partial charge in [0.2, 0.25) is 15.9 Å². The lowest BCUT2D eigenvalue weighted by molar-refractivity contribution is -0.135. The number of piperidine rings is 1. The van der Waals surface area contributed by atoms with Gasteiger partial charge >= 0.3 is 0 Å². The van der Waals surface area contributed by atoms with E-state index in [0.717, 1.165) is 31.5 Å². The number of likely N-dealkylation sites (tertiary alicyclic amines) is 1. The van der Waals surface area contributed by atoms with Crippen molar-refractivity contribution in [3.05, 3.63) is 28.8 Å². The molecule has 2 saturated heterocycles. The summed E-state index contributed by atoms with van der Waals surface area (Å²) in [7, 11) is -3.60. The molecule has 1 aromatic rings. The second-order valence-electron chi connectivity index (χ2n) is 6.64. The average molecular weight is 371 g/mol. The predicted molar refractivity (Wildman–Crippen MR) is 93.5 cm³/mol. The fourth-order valence-electron chi connectivity index (χ4n) is 3.49. The van der Waals surface area contributed by atoms with Crippen molar-refractivity contribution in [1.82, 2.24) is 9.21 Å². The molecule has 2 fully saturated rings. The van der Waals surface area contributed by atoms with Crippen LogP contribution in [0.2, 0.25) is 5.02 Å². The minimum absolute atomic E-state index is 0.0527. The topological polar surface area (TPSA) is 57.7 Å². The summed E-state index contributed by atoms with van der Waals surface area (Å²) >= 11 is 6.13. The molecule has 2 aliphatic heterocycles. The molecule has 132 valence electrons. The Morgan fingerprint density at radius 2 is 1.75 bits per heavy atom. The van der Waals surface area contributed by atoms with Gasteiger partial charge in [0, 0.05) is 32.1 Å². The van der Waals surface area contributed by atoms with Crippen molar-refractivity contribution in [2.45, 2.75) is 37.5 Å². The molecule has 24 heavy (non-hydrogen) atoms. The molecule has 0 radical (unpaired) electrons. The number of carbonyl (C=O) groups excluding carboxylic acids is 1. The van der Waals surface area contributed by atoms with E-state index in [2.05, 4.69) is 0 Å². The molecule has 2 aliphatic rings. The normalized spacial score (nSPS) is 20.5. The lowest BCUT2D eigenvalue weighted by Crippen LogP contribution is -2.43. The number of nitrogens with zero attached hydrogens (tertiary/aromatic N) is 2. The Morgan fingerprint density at radius 1 is 1.12 bits per heavy atom. The van der Waals surface area contributed by atoms with Gasteiger partial charge in [-0.05, 0) is 50.3 Å². The summed E-state index contributed by atoms with van der Waals surface area (Å²) in [5.74, 6) is 0.140. The number of amides is 1. The van der Waals surface area contributed by atoms with Gasteiger partial charge in [-0.3, -0.25) is 4.79 Å². The zero-order chi connectivity index (χ0) is 17.3. The first kappa shape index (κ1) is 17.7. The van der Waals surface area contributed by atoms with Crippen LogP contribution >= 0.6 is 11.6 Å². The zero-order valence-electron chi connectivity index (χ0n) is 13.9. The minimum Gasteiger partial charge on any atom is -0.342 e. The van der Waals surface area contributed by atoms with Crippen molar-refractivity contribution in [3.8, 4) is 0 Å². The molecule has 2 heterocycles. The molecular formula is C17H23ClN2O3S. The average Bonchev–Trinajstić information content (AvgIpc) is 3.08. The molecule has 0 N–H and O–H groups in total. The highest BCUT2D eigenvalue weighted by Crippen LogP contribution is 2.29. The molecular weight excluding hydrogens is 348 g/mol. The largest absolute Gasteiger partial charge is 0.342 e. The standard InChI is InChI=1S/C17H23ClN2O3S/c1-13-4-5-16(15(18)12-13)24(22,23)20-10-6-14(7-11-20)17(21)19-8-2-3-9-19/h4-5,12,14H,2-3,6-11H2,1H3. The van der Waals surface area contributed by atoms with E-state index >= 15 is 0 Å².